The SMILES string of the molecule is Cc1cc(Nc2ccc(F)c(CC3(C(=O)O)CCN(Cc4c(F)cccc4Cl)CC3)n2)n[nH]1. The van der Waals surface area contributed by atoms with E-state index in [-0.39, 0.29) is 37.3 Å². The quantitative estimate of drug-likeness (QED) is 0.458. The number of aromatic nitrogens is 3. The summed E-state index contributed by atoms with van der Waals surface area (Å²) in [5, 5.41) is 20.2. The average molecular weight is 476 g/mol. The van der Waals surface area contributed by atoms with Crippen molar-refractivity contribution in [3.8, 4) is 0 Å². The van der Waals surface area contributed by atoms with E-state index in [2.05, 4.69) is 20.5 Å². The number of pyridine rings is 1. The van der Waals surface area contributed by atoms with Crippen LogP contribution in [0, 0.1) is 24.0 Å². The summed E-state index contributed by atoms with van der Waals surface area (Å²) in [4.78, 5) is 18.6. The molecule has 0 aliphatic carbocycles. The molecule has 1 aromatic carbocycles. The van der Waals surface area contributed by atoms with Crippen LogP contribution in [0.3, 0.4) is 0 Å². The van der Waals surface area contributed by atoms with Crippen LogP contribution < -0.4 is 5.32 Å². The predicted octanol–water partition coefficient (Wildman–Crippen LogP) is 4.70. The fourth-order valence-corrected chi connectivity index (χ4v) is 4.35. The van der Waals surface area contributed by atoms with Crippen LogP contribution >= 0.6 is 11.6 Å². The molecule has 1 aliphatic rings. The summed E-state index contributed by atoms with van der Waals surface area (Å²) in [6, 6.07) is 9.06. The van der Waals surface area contributed by atoms with Gasteiger partial charge in [-0.05, 0) is 57.1 Å². The Labute approximate surface area is 194 Å². The number of aromatic amines is 1. The molecule has 3 aromatic rings. The van der Waals surface area contributed by atoms with E-state index >= 15 is 0 Å². The third-order valence-electron chi connectivity index (χ3n) is 6.10. The van der Waals surface area contributed by atoms with Crippen molar-refractivity contribution >= 4 is 29.2 Å². The number of piperidine rings is 1. The maximum atomic E-state index is 14.6. The topological polar surface area (TPSA) is 94.1 Å². The van der Waals surface area contributed by atoms with E-state index < -0.39 is 17.2 Å². The molecule has 1 saturated heterocycles. The molecule has 1 aliphatic heterocycles. The zero-order valence-corrected chi connectivity index (χ0v) is 18.8. The molecule has 1 fully saturated rings. The fourth-order valence-electron chi connectivity index (χ4n) is 4.12. The average Bonchev–Trinajstić information content (AvgIpc) is 3.19. The highest BCUT2D eigenvalue weighted by atomic mass is 35.5. The lowest BCUT2D eigenvalue weighted by Crippen LogP contribution is -2.45. The van der Waals surface area contributed by atoms with Crippen molar-refractivity contribution in [2.45, 2.75) is 32.7 Å². The van der Waals surface area contributed by atoms with Crippen molar-refractivity contribution in [1.29, 1.82) is 0 Å². The standard InChI is InChI=1S/C23H24ClF2N5O2/c1-14-11-21(30-29-14)28-20-6-5-18(26)19(27-20)12-23(22(32)33)7-9-31(10-8-23)13-15-16(24)3-2-4-17(15)25/h2-6,11H,7-10,12-13H2,1H3,(H,32,33)(H2,27,28,29,30). The van der Waals surface area contributed by atoms with Crippen LogP contribution in [0.15, 0.2) is 36.4 Å². The second-order valence-electron chi connectivity index (χ2n) is 8.42. The van der Waals surface area contributed by atoms with Crippen molar-refractivity contribution in [3.05, 3.63) is 70.0 Å². The Morgan fingerprint density at radius 2 is 1.97 bits per heavy atom. The monoisotopic (exact) mass is 475 g/mol. The number of hydrogen-bond donors (Lipinski definition) is 3. The molecule has 3 heterocycles. The normalized spacial score (nSPS) is 16.0. The molecule has 0 unspecified atom stereocenters. The minimum Gasteiger partial charge on any atom is -0.481 e. The van der Waals surface area contributed by atoms with Crippen LogP contribution in [0.1, 0.15) is 29.8 Å². The fraction of sp³-hybridized carbons (Fsp3) is 0.348. The van der Waals surface area contributed by atoms with Crippen LogP contribution in [0.4, 0.5) is 20.4 Å². The molecule has 4 rings (SSSR count). The molecular weight excluding hydrogens is 452 g/mol. The molecule has 33 heavy (non-hydrogen) atoms. The highest BCUT2D eigenvalue weighted by molar-refractivity contribution is 6.31. The van der Waals surface area contributed by atoms with Gasteiger partial charge in [-0.3, -0.25) is 14.8 Å². The van der Waals surface area contributed by atoms with Gasteiger partial charge in [0, 0.05) is 35.3 Å². The molecule has 0 atom stereocenters. The van der Waals surface area contributed by atoms with Crippen molar-refractivity contribution in [2.24, 2.45) is 5.41 Å². The molecule has 0 radical (unpaired) electrons. The van der Waals surface area contributed by atoms with Gasteiger partial charge in [0.25, 0.3) is 0 Å². The molecule has 10 heteroatoms. The first-order valence-electron chi connectivity index (χ1n) is 10.6. The summed E-state index contributed by atoms with van der Waals surface area (Å²) in [6.07, 6.45) is 0.523. The van der Waals surface area contributed by atoms with Gasteiger partial charge in [0.2, 0.25) is 0 Å². The summed E-state index contributed by atoms with van der Waals surface area (Å²) in [6.45, 7) is 2.98. The number of carbonyl (C=O) groups is 1. The number of nitrogens with zero attached hydrogens (tertiary/aromatic N) is 3. The van der Waals surface area contributed by atoms with E-state index in [0.717, 1.165) is 5.69 Å². The molecule has 0 bridgehead atoms. The summed E-state index contributed by atoms with van der Waals surface area (Å²) in [7, 11) is 0. The van der Waals surface area contributed by atoms with Crippen LogP contribution in [0.25, 0.3) is 0 Å². The number of benzene rings is 1. The van der Waals surface area contributed by atoms with Crippen LogP contribution in [-0.2, 0) is 17.8 Å². The second kappa shape index (κ2) is 9.44. The molecular formula is C23H24ClF2N5O2. The third-order valence-corrected chi connectivity index (χ3v) is 6.45. The number of hydrogen-bond acceptors (Lipinski definition) is 5. The maximum Gasteiger partial charge on any atom is 0.310 e. The molecule has 174 valence electrons. The zero-order chi connectivity index (χ0) is 23.6. The van der Waals surface area contributed by atoms with E-state index in [4.69, 9.17) is 11.6 Å². The number of rotatable bonds is 7. The number of halogens is 3. The van der Waals surface area contributed by atoms with E-state index in [9.17, 15) is 18.7 Å². The Balaban J connectivity index is 1.48. The van der Waals surface area contributed by atoms with Gasteiger partial charge < -0.3 is 10.4 Å². The van der Waals surface area contributed by atoms with E-state index in [1.807, 2.05) is 11.8 Å². The predicted molar refractivity (Wildman–Crippen MR) is 120 cm³/mol. The Hall–Kier alpha value is -3.04. The number of likely N-dealkylation sites (tertiary alicyclic amines) is 1. The number of anilines is 2. The van der Waals surface area contributed by atoms with Gasteiger partial charge in [-0.15, -0.1) is 0 Å². The number of H-pyrrole nitrogens is 1. The Kier molecular flexibility index (Phi) is 6.62. The minimum absolute atomic E-state index is 0.0441. The molecule has 3 N–H and O–H groups in total. The molecule has 0 spiro atoms. The van der Waals surface area contributed by atoms with E-state index in [1.54, 1.807) is 18.2 Å². The van der Waals surface area contributed by atoms with E-state index in [1.165, 1.54) is 18.2 Å². The lowest BCUT2D eigenvalue weighted by atomic mass is 9.74. The zero-order valence-electron chi connectivity index (χ0n) is 18.0. The van der Waals surface area contributed by atoms with E-state index in [0.29, 0.717) is 35.3 Å². The van der Waals surface area contributed by atoms with Crippen LogP contribution in [0.5, 0.6) is 0 Å². The van der Waals surface area contributed by atoms with Gasteiger partial charge in [0.1, 0.15) is 17.5 Å². The van der Waals surface area contributed by atoms with Crippen molar-refractivity contribution in [3.63, 3.8) is 0 Å². The van der Waals surface area contributed by atoms with Crippen LogP contribution in [0.2, 0.25) is 5.02 Å². The number of carboxylic acids is 1. The van der Waals surface area contributed by atoms with Crippen LogP contribution in [-0.4, -0.2) is 44.2 Å². The molecule has 0 saturated carbocycles. The van der Waals surface area contributed by atoms with Gasteiger partial charge in [-0.1, -0.05) is 17.7 Å². The number of aryl methyl sites for hydroxylation is 1. The highest BCUT2D eigenvalue weighted by Gasteiger charge is 2.42. The summed E-state index contributed by atoms with van der Waals surface area (Å²) in [5.41, 5.74) is 0.167. The van der Waals surface area contributed by atoms with Crippen molar-refractivity contribution < 1.29 is 18.7 Å². The largest absolute Gasteiger partial charge is 0.481 e. The smallest absolute Gasteiger partial charge is 0.310 e. The summed E-state index contributed by atoms with van der Waals surface area (Å²) >= 11 is 6.13. The number of aliphatic carboxylic acids is 1. The summed E-state index contributed by atoms with van der Waals surface area (Å²) < 4.78 is 28.7. The molecule has 2 aromatic heterocycles. The van der Waals surface area contributed by atoms with Crippen molar-refractivity contribution in [1.82, 2.24) is 20.1 Å². The highest BCUT2D eigenvalue weighted by Crippen LogP contribution is 2.37. The summed E-state index contributed by atoms with van der Waals surface area (Å²) in [5.74, 6) is -1.02. The Morgan fingerprint density at radius 1 is 1.21 bits per heavy atom. The maximum absolute atomic E-state index is 14.6. The van der Waals surface area contributed by atoms with Gasteiger partial charge in [0.05, 0.1) is 11.1 Å². The minimum atomic E-state index is -1.16. The van der Waals surface area contributed by atoms with Gasteiger partial charge in [-0.25, -0.2) is 13.8 Å². The lowest BCUT2D eigenvalue weighted by molar-refractivity contribution is -0.152. The first-order valence-corrected chi connectivity index (χ1v) is 11.0. The van der Waals surface area contributed by atoms with Gasteiger partial charge >= 0.3 is 5.97 Å². The van der Waals surface area contributed by atoms with Gasteiger partial charge in [-0.2, -0.15) is 5.10 Å². The molecule has 0 amide bonds. The number of nitrogens with one attached hydrogen (secondary N) is 2. The van der Waals surface area contributed by atoms with Gasteiger partial charge in [0.15, 0.2) is 5.82 Å². The lowest BCUT2D eigenvalue weighted by Gasteiger charge is -2.39. The van der Waals surface area contributed by atoms with Crippen molar-refractivity contribution in [2.75, 3.05) is 18.4 Å². The Bertz CT molecular complexity index is 1140. The number of carboxylic acid groups (broad SMARTS) is 1. The first-order chi connectivity index (χ1) is 15.8. The second-order valence-corrected chi connectivity index (χ2v) is 8.83. The Morgan fingerprint density at radius 3 is 2.61 bits per heavy atom. The third kappa shape index (κ3) is 5.15. The first kappa shape index (κ1) is 23.1. The molecule has 7 nitrogen and oxygen atoms in total.